The van der Waals surface area contributed by atoms with Crippen LogP contribution in [0.2, 0.25) is 0 Å². The third kappa shape index (κ3) is 3.82. The van der Waals surface area contributed by atoms with Gasteiger partial charge in [0, 0.05) is 25.7 Å². The van der Waals surface area contributed by atoms with Gasteiger partial charge in [0.2, 0.25) is 0 Å². The average molecular weight is 374 g/mol. The van der Waals surface area contributed by atoms with E-state index in [-0.39, 0.29) is 24.8 Å². The zero-order valence-corrected chi connectivity index (χ0v) is 15.5. The number of nitrogens with zero attached hydrogens (tertiary/aromatic N) is 4. The Labute approximate surface area is 158 Å². The SMILES string of the molecule is CCCCN=C1C(=Nc2cc(OCCO)c(N)cc2N)C(=O)N2CCCN12. The van der Waals surface area contributed by atoms with Gasteiger partial charge in [0.05, 0.1) is 23.7 Å². The summed E-state index contributed by atoms with van der Waals surface area (Å²) >= 11 is 0. The largest absolute Gasteiger partial charge is 0.489 e. The number of ether oxygens (including phenoxy) is 1. The van der Waals surface area contributed by atoms with Crippen LogP contribution in [0.3, 0.4) is 0 Å². The van der Waals surface area contributed by atoms with Gasteiger partial charge in [-0.3, -0.25) is 14.8 Å². The van der Waals surface area contributed by atoms with Gasteiger partial charge in [0.15, 0.2) is 11.5 Å². The topological polar surface area (TPSA) is 130 Å². The number of aliphatic imine (C=N–C) groups is 2. The number of hydrogen-bond donors (Lipinski definition) is 3. The molecule has 1 aromatic rings. The summed E-state index contributed by atoms with van der Waals surface area (Å²) in [6, 6.07) is 3.13. The average Bonchev–Trinajstić information content (AvgIpc) is 3.21. The van der Waals surface area contributed by atoms with E-state index >= 15 is 0 Å². The first-order valence-corrected chi connectivity index (χ1v) is 9.22. The molecule has 0 aromatic heterocycles. The molecule has 9 nitrogen and oxygen atoms in total. The van der Waals surface area contributed by atoms with Crippen molar-refractivity contribution in [3.05, 3.63) is 12.1 Å². The monoisotopic (exact) mass is 374 g/mol. The number of aliphatic hydroxyl groups excluding tert-OH is 1. The number of nitrogen functional groups attached to an aromatic ring is 2. The molecule has 0 saturated carbocycles. The molecule has 5 N–H and O–H groups in total. The maximum atomic E-state index is 12.8. The number of rotatable bonds is 7. The predicted molar refractivity (Wildman–Crippen MR) is 105 cm³/mol. The first-order chi connectivity index (χ1) is 13.1. The lowest BCUT2D eigenvalue weighted by Crippen LogP contribution is -2.34. The van der Waals surface area contributed by atoms with Gasteiger partial charge in [0.1, 0.15) is 12.4 Å². The van der Waals surface area contributed by atoms with Crippen LogP contribution in [0.1, 0.15) is 26.2 Å². The van der Waals surface area contributed by atoms with E-state index in [9.17, 15) is 4.79 Å². The highest BCUT2D eigenvalue weighted by Gasteiger charge is 2.43. The fourth-order valence-corrected chi connectivity index (χ4v) is 3.08. The van der Waals surface area contributed by atoms with Crippen LogP contribution >= 0.6 is 0 Å². The predicted octanol–water partition coefficient (Wildman–Crippen LogP) is 0.956. The third-order valence-corrected chi connectivity index (χ3v) is 4.44. The first-order valence-electron chi connectivity index (χ1n) is 9.22. The summed E-state index contributed by atoms with van der Waals surface area (Å²) in [7, 11) is 0. The molecule has 0 aliphatic carbocycles. The minimum atomic E-state index is -0.170. The Morgan fingerprint density at radius 1 is 1.22 bits per heavy atom. The van der Waals surface area contributed by atoms with Crippen molar-refractivity contribution in [2.24, 2.45) is 9.98 Å². The van der Waals surface area contributed by atoms with Crippen LogP contribution < -0.4 is 16.2 Å². The number of amidine groups is 1. The van der Waals surface area contributed by atoms with Crippen LogP contribution in [0.25, 0.3) is 0 Å². The van der Waals surface area contributed by atoms with E-state index in [1.165, 1.54) is 0 Å². The standard InChI is InChI=1S/C18H26N6O3/c1-2-3-5-21-17-16(18(26)24-7-4-6-23(17)24)22-14-11-15(27-9-8-25)13(20)10-12(14)19/h10-11,25H,2-9,19-20H2,1H3. The summed E-state index contributed by atoms with van der Waals surface area (Å²) in [5.74, 6) is 0.796. The van der Waals surface area contributed by atoms with Gasteiger partial charge in [0.25, 0.3) is 5.91 Å². The number of aliphatic hydroxyl groups is 1. The number of anilines is 2. The third-order valence-electron chi connectivity index (χ3n) is 4.44. The van der Waals surface area contributed by atoms with Gasteiger partial charge in [-0.1, -0.05) is 13.3 Å². The number of hydrogen-bond acceptors (Lipinski definition) is 7. The van der Waals surface area contributed by atoms with Crippen LogP contribution in [0.4, 0.5) is 17.1 Å². The van der Waals surface area contributed by atoms with E-state index in [2.05, 4.69) is 16.9 Å². The van der Waals surface area contributed by atoms with Crippen molar-refractivity contribution in [2.45, 2.75) is 26.2 Å². The van der Waals surface area contributed by atoms with Crippen LogP contribution in [0.5, 0.6) is 5.75 Å². The number of unbranched alkanes of at least 4 members (excludes halogenated alkanes) is 1. The lowest BCUT2D eigenvalue weighted by Gasteiger charge is -2.19. The fraction of sp³-hybridized carbons (Fsp3) is 0.500. The van der Waals surface area contributed by atoms with E-state index in [1.54, 1.807) is 17.1 Å². The number of fused-ring (bicyclic) bond motifs is 1. The second-order valence-corrected chi connectivity index (χ2v) is 6.45. The number of carbonyl (C=O) groups is 1. The van der Waals surface area contributed by atoms with E-state index < -0.39 is 0 Å². The first kappa shape index (κ1) is 19.0. The maximum Gasteiger partial charge on any atom is 0.294 e. The van der Waals surface area contributed by atoms with Crippen molar-refractivity contribution < 1.29 is 14.6 Å². The zero-order chi connectivity index (χ0) is 19.4. The highest BCUT2D eigenvalue weighted by Crippen LogP contribution is 2.34. The van der Waals surface area contributed by atoms with Crippen molar-refractivity contribution in [3.63, 3.8) is 0 Å². The second kappa shape index (κ2) is 8.26. The van der Waals surface area contributed by atoms with Gasteiger partial charge >= 0.3 is 0 Å². The van der Waals surface area contributed by atoms with Crippen molar-refractivity contribution >= 4 is 34.5 Å². The molecule has 0 spiro atoms. The fourth-order valence-electron chi connectivity index (χ4n) is 3.08. The Kier molecular flexibility index (Phi) is 5.80. The maximum absolute atomic E-state index is 12.8. The molecule has 2 aliphatic heterocycles. The number of benzene rings is 1. The second-order valence-electron chi connectivity index (χ2n) is 6.45. The van der Waals surface area contributed by atoms with E-state index in [1.807, 2.05) is 5.01 Å². The van der Waals surface area contributed by atoms with E-state index in [0.29, 0.717) is 41.7 Å². The van der Waals surface area contributed by atoms with Gasteiger partial charge in [-0.25, -0.2) is 10.0 Å². The quantitative estimate of drug-likeness (QED) is 0.481. The lowest BCUT2D eigenvalue weighted by molar-refractivity contribution is -0.129. The summed E-state index contributed by atoms with van der Waals surface area (Å²) in [6.45, 7) is 4.12. The molecule has 0 atom stereocenters. The molecule has 2 aliphatic rings. The normalized spacial score (nSPS) is 19.4. The lowest BCUT2D eigenvalue weighted by atomic mass is 10.2. The van der Waals surface area contributed by atoms with Crippen molar-refractivity contribution in [1.29, 1.82) is 0 Å². The summed E-state index contributed by atoms with van der Waals surface area (Å²) in [4.78, 5) is 22.0. The Morgan fingerprint density at radius 2 is 2.00 bits per heavy atom. The number of amides is 1. The van der Waals surface area contributed by atoms with Crippen molar-refractivity contribution in [3.8, 4) is 5.75 Å². The van der Waals surface area contributed by atoms with E-state index in [4.69, 9.17) is 21.3 Å². The number of hydrazine groups is 1. The van der Waals surface area contributed by atoms with Crippen LogP contribution in [0, 0.1) is 0 Å². The van der Waals surface area contributed by atoms with Crippen molar-refractivity contribution in [1.82, 2.24) is 10.0 Å². The molecule has 2 saturated heterocycles. The molecule has 0 radical (unpaired) electrons. The summed E-state index contributed by atoms with van der Waals surface area (Å²) in [6.07, 6.45) is 2.88. The minimum Gasteiger partial charge on any atom is -0.489 e. The van der Waals surface area contributed by atoms with Gasteiger partial charge in [-0.2, -0.15) is 0 Å². The summed E-state index contributed by atoms with van der Waals surface area (Å²) in [5, 5.41) is 12.5. The Morgan fingerprint density at radius 3 is 2.74 bits per heavy atom. The van der Waals surface area contributed by atoms with Gasteiger partial charge in [-0.05, 0) is 18.9 Å². The summed E-state index contributed by atoms with van der Waals surface area (Å²) in [5.41, 5.74) is 13.3. The highest BCUT2D eigenvalue weighted by molar-refractivity contribution is 6.69. The minimum absolute atomic E-state index is 0.105. The Bertz CT molecular complexity index is 777. The molecule has 0 bridgehead atoms. The molecule has 0 unspecified atom stereocenters. The molecule has 1 amide bonds. The van der Waals surface area contributed by atoms with E-state index in [0.717, 1.165) is 25.8 Å². The molecule has 2 heterocycles. The number of nitrogens with two attached hydrogens (primary N) is 2. The molecular formula is C18H26N6O3. The van der Waals surface area contributed by atoms with Gasteiger partial charge in [-0.15, -0.1) is 0 Å². The van der Waals surface area contributed by atoms with Crippen LogP contribution in [0.15, 0.2) is 22.1 Å². The molecular weight excluding hydrogens is 348 g/mol. The molecule has 2 fully saturated rings. The molecule has 9 heteroatoms. The number of carbonyl (C=O) groups excluding carboxylic acids is 1. The molecule has 3 rings (SSSR count). The van der Waals surface area contributed by atoms with Gasteiger partial charge < -0.3 is 21.3 Å². The Hall–Kier alpha value is -2.81. The molecule has 27 heavy (non-hydrogen) atoms. The summed E-state index contributed by atoms with van der Waals surface area (Å²) < 4.78 is 5.42. The van der Waals surface area contributed by atoms with Crippen LogP contribution in [-0.2, 0) is 4.79 Å². The molecule has 1 aromatic carbocycles. The smallest absolute Gasteiger partial charge is 0.294 e. The zero-order valence-electron chi connectivity index (χ0n) is 15.5. The Balaban J connectivity index is 1.98. The van der Waals surface area contributed by atoms with Crippen LogP contribution in [-0.4, -0.2) is 65.4 Å². The highest BCUT2D eigenvalue weighted by atomic mass is 16.5. The molecule has 146 valence electrons. The van der Waals surface area contributed by atoms with Crippen molar-refractivity contribution in [2.75, 3.05) is 44.3 Å².